The maximum absolute atomic E-state index is 13.3. The number of benzene rings is 1. The normalized spacial score (nSPS) is 21.3. The van der Waals surface area contributed by atoms with Gasteiger partial charge in [0.25, 0.3) is 5.69 Å². The zero-order chi connectivity index (χ0) is 39.9. The van der Waals surface area contributed by atoms with E-state index in [1.54, 1.807) is 55.4 Å². The number of alkyl carbamates (subject to hydrolysis) is 2. The third-order valence-corrected chi connectivity index (χ3v) is 6.78. The number of methoxy groups -OCH3 is 1. The van der Waals surface area contributed by atoms with Gasteiger partial charge in [0.1, 0.15) is 23.1 Å². The van der Waals surface area contributed by atoms with E-state index in [-0.39, 0.29) is 18.0 Å². The summed E-state index contributed by atoms with van der Waals surface area (Å²) in [5.74, 6) is -3.92. The Hall–Kier alpha value is -5.50. The highest BCUT2D eigenvalue weighted by Crippen LogP contribution is 2.33. The molecule has 53 heavy (non-hydrogen) atoms. The third-order valence-electron chi connectivity index (χ3n) is 6.78. The molecule has 20 nitrogen and oxygen atoms in total. The van der Waals surface area contributed by atoms with Crippen molar-refractivity contribution in [2.24, 2.45) is 4.99 Å². The molecule has 0 spiro atoms. The average molecular weight is 752 g/mol. The molecule has 3 rings (SSSR count). The molecule has 0 saturated carbocycles. The van der Waals surface area contributed by atoms with Gasteiger partial charge < -0.3 is 43.2 Å². The van der Waals surface area contributed by atoms with Gasteiger partial charge in [0.2, 0.25) is 17.6 Å². The molecule has 5 atom stereocenters. The lowest BCUT2D eigenvalue weighted by Gasteiger charge is -2.40. The molecular formula is C33H45N5O15. The van der Waals surface area contributed by atoms with Gasteiger partial charge >= 0.3 is 24.3 Å². The number of nitrogens with zero attached hydrogens (tertiary/aromatic N) is 2. The van der Waals surface area contributed by atoms with Crippen molar-refractivity contribution in [3.63, 3.8) is 0 Å². The summed E-state index contributed by atoms with van der Waals surface area (Å²) in [6.45, 7) is 13.8. The van der Waals surface area contributed by atoms with Crippen molar-refractivity contribution < 1.29 is 66.8 Å². The van der Waals surface area contributed by atoms with Crippen molar-refractivity contribution in [1.82, 2.24) is 16.0 Å². The van der Waals surface area contributed by atoms with E-state index in [4.69, 9.17) is 37.9 Å². The predicted molar refractivity (Wildman–Crippen MR) is 181 cm³/mol. The van der Waals surface area contributed by atoms with Crippen molar-refractivity contribution in [2.75, 3.05) is 13.7 Å². The minimum atomic E-state index is -1.54. The Balaban J connectivity index is 2.13. The van der Waals surface area contributed by atoms with Crippen LogP contribution in [0, 0.1) is 10.1 Å². The number of hydrogen-bond donors (Lipinski definition) is 3. The largest absolute Gasteiger partial charge is 0.514 e. The number of rotatable bonds is 8. The number of amides is 3. The molecule has 1 aromatic rings. The van der Waals surface area contributed by atoms with Gasteiger partial charge in [0, 0.05) is 19.1 Å². The summed E-state index contributed by atoms with van der Waals surface area (Å²) in [7, 11) is 1.07. The Kier molecular flexibility index (Phi) is 13.4. The number of hydrogen-bond acceptors (Lipinski definition) is 16. The van der Waals surface area contributed by atoms with Crippen molar-refractivity contribution in [2.45, 2.75) is 110 Å². The predicted octanol–water partition coefficient (Wildman–Crippen LogP) is 3.36. The van der Waals surface area contributed by atoms with Crippen LogP contribution in [0.2, 0.25) is 0 Å². The van der Waals surface area contributed by atoms with Crippen molar-refractivity contribution in [1.29, 1.82) is 0 Å². The Bertz CT molecular complexity index is 1580. The summed E-state index contributed by atoms with van der Waals surface area (Å²) < 4.78 is 44.3. The number of ether oxygens (including phenoxy) is 8. The molecular weight excluding hydrogens is 706 g/mol. The van der Waals surface area contributed by atoms with E-state index in [1.807, 2.05) is 0 Å². The summed E-state index contributed by atoms with van der Waals surface area (Å²) in [5.41, 5.74) is -2.19. The van der Waals surface area contributed by atoms with Gasteiger partial charge in [-0.05, 0) is 73.6 Å². The molecule has 1 saturated heterocycles. The second kappa shape index (κ2) is 16.9. The summed E-state index contributed by atoms with van der Waals surface area (Å²) in [6.07, 6.45) is -6.41. The Labute approximate surface area is 304 Å². The topological polar surface area (TPSA) is 251 Å². The zero-order valence-electron chi connectivity index (χ0n) is 31.0. The monoisotopic (exact) mass is 751 g/mol. The first-order chi connectivity index (χ1) is 24.4. The van der Waals surface area contributed by atoms with Crippen LogP contribution in [-0.4, -0.2) is 102 Å². The van der Waals surface area contributed by atoms with E-state index < -0.39 is 94.2 Å². The number of nitro benzene ring substituents is 1. The van der Waals surface area contributed by atoms with Crippen LogP contribution in [0.5, 0.6) is 5.75 Å². The molecule has 0 radical (unpaired) electrons. The van der Waals surface area contributed by atoms with E-state index in [9.17, 15) is 34.1 Å². The Morgan fingerprint density at radius 2 is 1.55 bits per heavy atom. The van der Waals surface area contributed by atoms with Gasteiger partial charge in [-0.2, -0.15) is 0 Å². The minimum absolute atomic E-state index is 0.116. The van der Waals surface area contributed by atoms with Crippen molar-refractivity contribution in [3.05, 3.63) is 46.2 Å². The Morgan fingerprint density at radius 3 is 2.00 bits per heavy atom. The molecule has 292 valence electrons. The highest BCUT2D eigenvalue weighted by molar-refractivity contribution is 6.01. The molecule has 0 unspecified atom stereocenters. The van der Waals surface area contributed by atoms with E-state index in [0.29, 0.717) is 0 Å². The number of carbonyl (C=O) groups excluding carboxylic acids is 5. The summed E-state index contributed by atoms with van der Waals surface area (Å²) in [5, 5.41) is 18.4. The Morgan fingerprint density at radius 1 is 0.981 bits per heavy atom. The molecule has 2 aliphatic heterocycles. The van der Waals surface area contributed by atoms with Gasteiger partial charge in [-0.1, -0.05) is 0 Å². The summed E-state index contributed by atoms with van der Waals surface area (Å²) >= 11 is 0. The molecule has 0 bridgehead atoms. The number of nitro groups is 1. The summed E-state index contributed by atoms with van der Waals surface area (Å²) in [6, 6.07) is 1.85. The zero-order valence-corrected chi connectivity index (χ0v) is 31.0. The van der Waals surface area contributed by atoms with Crippen LogP contribution in [-0.2, 0) is 42.7 Å². The molecule has 1 fully saturated rings. The van der Waals surface area contributed by atoms with Crippen LogP contribution in [0.15, 0.2) is 41.1 Å². The first kappa shape index (κ1) is 41.9. The van der Waals surface area contributed by atoms with Gasteiger partial charge in [-0.25, -0.2) is 24.2 Å². The highest BCUT2D eigenvalue weighted by atomic mass is 16.8. The highest BCUT2D eigenvalue weighted by Gasteiger charge is 2.51. The van der Waals surface area contributed by atoms with Gasteiger partial charge in [-0.3, -0.25) is 25.5 Å². The smallest absolute Gasteiger partial charge is 0.477 e. The lowest BCUT2D eigenvalue weighted by molar-refractivity contribution is -0.384. The number of guanidine groups is 1. The van der Waals surface area contributed by atoms with Gasteiger partial charge in [-0.15, -0.1) is 0 Å². The van der Waals surface area contributed by atoms with Crippen LogP contribution in [0.4, 0.5) is 20.1 Å². The summed E-state index contributed by atoms with van der Waals surface area (Å²) in [4.78, 5) is 79.5. The van der Waals surface area contributed by atoms with Crippen molar-refractivity contribution >= 4 is 41.9 Å². The number of carbonyl (C=O) groups is 5. The van der Waals surface area contributed by atoms with Crippen LogP contribution in [0.25, 0.3) is 0 Å². The number of esters is 1. The van der Waals surface area contributed by atoms with Crippen LogP contribution >= 0.6 is 0 Å². The maximum Gasteiger partial charge on any atom is 0.514 e. The minimum Gasteiger partial charge on any atom is -0.477 e. The number of nitrogens with one attached hydrogen (secondary N) is 3. The second-order valence-corrected chi connectivity index (χ2v) is 14.1. The fourth-order valence-corrected chi connectivity index (χ4v) is 4.86. The lowest BCUT2D eigenvalue weighted by Crippen LogP contribution is -2.61. The molecule has 20 heteroatoms. The van der Waals surface area contributed by atoms with Crippen molar-refractivity contribution in [3.8, 4) is 5.75 Å². The first-order valence-electron chi connectivity index (χ1n) is 16.2. The van der Waals surface area contributed by atoms with E-state index in [0.717, 1.165) is 25.3 Å². The molecule has 0 aliphatic carbocycles. The fraction of sp³-hybridized carbons (Fsp3) is 0.576. The van der Waals surface area contributed by atoms with Crippen LogP contribution < -0.4 is 20.7 Å². The average Bonchev–Trinajstić information content (AvgIpc) is 3.37. The standard InChI is InChI=1S/C33H45N5O15/c1-17(39)34-23-20(35-27(36-28(41)52-31(2,3)4)37-29(42)53-32(5,6)7)15-21(26(40)46-10)49-25(23)24(22-16-47-33(8,9)51-22)50-30(43)48-19-13-11-18(12-14-19)38(44)45/h11-15,20,22-25H,16H2,1-10H3,(H,34,39)(H2,35,36,37,41,42)/t20-,22-,23+,24-,25+/m1/s1. The number of non-ortho nitro benzene ring substituents is 1. The lowest BCUT2D eigenvalue weighted by atomic mass is 9.92. The van der Waals surface area contributed by atoms with E-state index in [2.05, 4.69) is 20.9 Å². The quantitative estimate of drug-likeness (QED) is 0.0655. The van der Waals surface area contributed by atoms with Crippen LogP contribution in [0.1, 0.15) is 62.3 Å². The van der Waals surface area contributed by atoms with E-state index >= 15 is 0 Å². The molecule has 3 amide bonds. The molecule has 3 N–H and O–H groups in total. The van der Waals surface area contributed by atoms with Crippen LogP contribution in [0.3, 0.4) is 0 Å². The fourth-order valence-electron chi connectivity index (χ4n) is 4.86. The third kappa shape index (κ3) is 13.2. The molecule has 1 aromatic carbocycles. The number of aliphatic imine (C=N–C) groups is 1. The molecule has 0 aromatic heterocycles. The van der Waals surface area contributed by atoms with E-state index in [1.165, 1.54) is 19.1 Å². The second-order valence-electron chi connectivity index (χ2n) is 14.1. The van der Waals surface area contributed by atoms with Gasteiger partial charge in [0.15, 0.2) is 18.0 Å². The first-order valence-corrected chi connectivity index (χ1v) is 16.2. The molecule has 2 heterocycles. The molecule has 2 aliphatic rings. The SMILES string of the molecule is COC(=O)C1=C[C@@H](N=C(NC(=O)OC(C)(C)C)NC(=O)OC(C)(C)C)[C@H](NC(C)=O)[C@@H]([C@H](OC(=O)Oc2ccc([N+](=O)[O-])cc2)[C@H]2COC(C)(C)O2)O1. The maximum atomic E-state index is 13.3. The van der Waals surface area contributed by atoms with Gasteiger partial charge in [0.05, 0.1) is 30.7 Å².